The lowest BCUT2D eigenvalue weighted by molar-refractivity contribution is 0.398. The molecule has 5 heteroatoms. The summed E-state index contributed by atoms with van der Waals surface area (Å²) >= 11 is 0. The van der Waals surface area contributed by atoms with Crippen molar-refractivity contribution in [3.63, 3.8) is 0 Å². The van der Waals surface area contributed by atoms with Crippen LogP contribution in [0.15, 0.2) is 18.5 Å². The number of rotatable bonds is 6. The number of nitrogens with one attached hydrogen (secondary N) is 1. The minimum absolute atomic E-state index is 0.0204. The molecule has 0 spiro atoms. The molecule has 0 aromatic carbocycles. The van der Waals surface area contributed by atoms with Gasteiger partial charge in [0, 0.05) is 12.7 Å². The Kier molecular flexibility index (Phi) is 4.96. The lowest BCUT2D eigenvalue weighted by Gasteiger charge is -2.21. The monoisotopic (exact) mass is 288 g/mol. The molecule has 0 aliphatic heterocycles. The van der Waals surface area contributed by atoms with E-state index in [1.807, 2.05) is 10.9 Å². The fourth-order valence-corrected chi connectivity index (χ4v) is 2.63. The molecular formula is C16H24N4O. The fraction of sp³-hybridized carbons (Fsp3) is 0.500. The van der Waals surface area contributed by atoms with Crippen LogP contribution < -0.4 is 10.1 Å². The Balaban J connectivity index is 2.55. The SMILES string of the molecule is CCNC(c1ncc(C)cc1C)c1c(OC)cnn1CC. The van der Waals surface area contributed by atoms with Gasteiger partial charge in [-0.05, 0) is 38.4 Å². The van der Waals surface area contributed by atoms with Crippen molar-refractivity contribution in [1.82, 2.24) is 20.1 Å². The molecule has 0 bridgehead atoms. The molecule has 2 aromatic rings. The number of methoxy groups -OCH3 is 1. The maximum absolute atomic E-state index is 5.49. The van der Waals surface area contributed by atoms with Gasteiger partial charge in [0.25, 0.3) is 0 Å². The first-order chi connectivity index (χ1) is 10.1. The predicted molar refractivity (Wildman–Crippen MR) is 83.7 cm³/mol. The van der Waals surface area contributed by atoms with E-state index in [4.69, 9.17) is 4.74 Å². The number of aromatic nitrogens is 3. The zero-order chi connectivity index (χ0) is 15.4. The highest BCUT2D eigenvalue weighted by atomic mass is 16.5. The van der Waals surface area contributed by atoms with Crippen molar-refractivity contribution in [2.75, 3.05) is 13.7 Å². The standard InChI is InChI=1S/C16H24N4O/c1-6-17-15(14-12(4)8-11(3)9-18-14)16-13(21-5)10-19-20(16)7-2/h8-10,15,17H,6-7H2,1-5H3. The van der Waals surface area contributed by atoms with Crippen LogP contribution >= 0.6 is 0 Å². The molecule has 0 saturated carbocycles. The molecule has 5 nitrogen and oxygen atoms in total. The van der Waals surface area contributed by atoms with Gasteiger partial charge in [-0.15, -0.1) is 0 Å². The van der Waals surface area contributed by atoms with Gasteiger partial charge in [0.1, 0.15) is 5.69 Å². The zero-order valence-electron chi connectivity index (χ0n) is 13.5. The molecule has 2 rings (SSSR count). The van der Waals surface area contributed by atoms with Gasteiger partial charge in [-0.1, -0.05) is 13.0 Å². The van der Waals surface area contributed by atoms with Crippen molar-refractivity contribution in [1.29, 1.82) is 0 Å². The number of ether oxygens (including phenoxy) is 1. The van der Waals surface area contributed by atoms with E-state index >= 15 is 0 Å². The van der Waals surface area contributed by atoms with Crippen molar-refractivity contribution in [2.45, 2.75) is 40.3 Å². The summed E-state index contributed by atoms with van der Waals surface area (Å²) in [7, 11) is 1.68. The number of hydrogen-bond acceptors (Lipinski definition) is 4. The van der Waals surface area contributed by atoms with Gasteiger partial charge in [-0.2, -0.15) is 5.10 Å². The predicted octanol–water partition coefficient (Wildman–Crippen LogP) is 2.62. The van der Waals surface area contributed by atoms with Crippen LogP contribution in [0.4, 0.5) is 0 Å². The van der Waals surface area contributed by atoms with Crippen LogP contribution in [0.5, 0.6) is 5.75 Å². The van der Waals surface area contributed by atoms with Crippen LogP contribution in [0, 0.1) is 13.8 Å². The van der Waals surface area contributed by atoms with Gasteiger partial charge < -0.3 is 10.1 Å². The molecule has 0 fully saturated rings. The molecular weight excluding hydrogens is 264 g/mol. The average Bonchev–Trinajstić information content (AvgIpc) is 2.88. The van der Waals surface area contributed by atoms with E-state index in [1.165, 1.54) is 11.1 Å². The second kappa shape index (κ2) is 6.72. The lowest BCUT2D eigenvalue weighted by Crippen LogP contribution is -2.27. The Labute approximate surface area is 126 Å². The van der Waals surface area contributed by atoms with Crippen LogP contribution in [0.2, 0.25) is 0 Å². The summed E-state index contributed by atoms with van der Waals surface area (Å²) in [5.74, 6) is 0.796. The van der Waals surface area contributed by atoms with Gasteiger partial charge in [0.2, 0.25) is 0 Å². The summed E-state index contributed by atoms with van der Waals surface area (Å²) < 4.78 is 7.45. The number of nitrogens with zero attached hydrogens (tertiary/aromatic N) is 3. The highest BCUT2D eigenvalue weighted by Gasteiger charge is 2.25. The summed E-state index contributed by atoms with van der Waals surface area (Å²) in [6.45, 7) is 9.97. The fourth-order valence-electron chi connectivity index (χ4n) is 2.63. The second-order valence-electron chi connectivity index (χ2n) is 5.12. The van der Waals surface area contributed by atoms with E-state index in [9.17, 15) is 0 Å². The molecule has 1 N–H and O–H groups in total. The first kappa shape index (κ1) is 15.5. The number of pyridine rings is 1. The van der Waals surface area contributed by atoms with Gasteiger partial charge >= 0.3 is 0 Å². The largest absolute Gasteiger partial charge is 0.493 e. The van der Waals surface area contributed by atoms with E-state index in [1.54, 1.807) is 13.3 Å². The van der Waals surface area contributed by atoms with E-state index in [0.717, 1.165) is 30.2 Å². The third-order valence-corrected chi connectivity index (χ3v) is 3.57. The van der Waals surface area contributed by atoms with Gasteiger partial charge in [-0.25, -0.2) is 0 Å². The van der Waals surface area contributed by atoms with Crippen molar-refractivity contribution in [3.8, 4) is 5.75 Å². The molecule has 2 heterocycles. The summed E-state index contributed by atoms with van der Waals surface area (Å²) in [5.41, 5.74) is 4.39. The smallest absolute Gasteiger partial charge is 0.161 e. The van der Waals surface area contributed by atoms with E-state index in [-0.39, 0.29) is 6.04 Å². The van der Waals surface area contributed by atoms with Crippen LogP contribution in [-0.2, 0) is 6.54 Å². The molecule has 0 radical (unpaired) electrons. The maximum Gasteiger partial charge on any atom is 0.161 e. The van der Waals surface area contributed by atoms with Crippen molar-refractivity contribution in [3.05, 3.63) is 41.0 Å². The van der Waals surface area contributed by atoms with E-state index < -0.39 is 0 Å². The molecule has 2 aromatic heterocycles. The van der Waals surface area contributed by atoms with Crippen molar-refractivity contribution < 1.29 is 4.74 Å². The van der Waals surface area contributed by atoms with E-state index in [0.29, 0.717) is 0 Å². The lowest BCUT2D eigenvalue weighted by atomic mass is 10.0. The second-order valence-corrected chi connectivity index (χ2v) is 5.12. The van der Waals surface area contributed by atoms with E-state index in [2.05, 4.69) is 49.2 Å². The van der Waals surface area contributed by atoms with Crippen molar-refractivity contribution in [2.24, 2.45) is 0 Å². The zero-order valence-corrected chi connectivity index (χ0v) is 13.5. The minimum atomic E-state index is -0.0204. The Hall–Kier alpha value is -1.88. The van der Waals surface area contributed by atoms with Crippen molar-refractivity contribution >= 4 is 0 Å². The molecule has 21 heavy (non-hydrogen) atoms. The van der Waals surface area contributed by atoms with Crippen LogP contribution in [-0.4, -0.2) is 28.4 Å². The van der Waals surface area contributed by atoms with Gasteiger partial charge in [-0.3, -0.25) is 9.67 Å². The Morgan fingerprint density at radius 2 is 2.05 bits per heavy atom. The Morgan fingerprint density at radius 3 is 2.62 bits per heavy atom. The highest BCUT2D eigenvalue weighted by molar-refractivity contribution is 5.37. The van der Waals surface area contributed by atoms with Crippen LogP contribution in [0.25, 0.3) is 0 Å². The molecule has 1 unspecified atom stereocenters. The van der Waals surface area contributed by atoms with Crippen LogP contribution in [0.3, 0.4) is 0 Å². The highest BCUT2D eigenvalue weighted by Crippen LogP contribution is 2.30. The minimum Gasteiger partial charge on any atom is -0.493 e. The normalized spacial score (nSPS) is 12.4. The molecule has 0 aliphatic rings. The van der Waals surface area contributed by atoms with Crippen LogP contribution in [0.1, 0.15) is 42.4 Å². The Morgan fingerprint density at radius 1 is 1.29 bits per heavy atom. The molecule has 1 atom stereocenters. The quantitative estimate of drug-likeness (QED) is 0.888. The van der Waals surface area contributed by atoms with Gasteiger partial charge in [0.15, 0.2) is 5.75 Å². The first-order valence-electron chi connectivity index (χ1n) is 7.38. The summed E-state index contributed by atoms with van der Waals surface area (Å²) in [6.07, 6.45) is 3.68. The third-order valence-electron chi connectivity index (χ3n) is 3.57. The average molecular weight is 288 g/mol. The topological polar surface area (TPSA) is 52.0 Å². The summed E-state index contributed by atoms with van der Waals surface area (Å²) in [5, 5.41) is 7.91. The first-order valence-corrected chi connectivity index (χ1v) is 7.38. The number of aryl methyl sites for hydroxylation is 3. The molecule has 114 valence electrons. The Bertz CT molecular complexity index is 585. The molecule has 0 aliphatic carbocycles. The molecule has 0 saturated heterocycles. The summed E-state index contributed by atoms with van der Waals surface area (Å²) in [6, 6.07) is 2.14. The third kappa shape index (κ3) is 3.08. The number of hydrogen-bond donors (Lipinski definition) is 1. The van der Waals surface area contributed by atoms with Gasteiger partial charge in [0.05, 0.1) is 25.0 Å². The summed E-state index contributed by atoms with van der Waals surface area (Å²) in [4.78, 5) is 4.64. The maximum atomic E-state index is 5.49. The molecule has 0 amide bonds.